The number of hydrogen-bond acceptors (Lipinski definition) is 3. The van der Waals surface area contributed by atoms with Gasteiger partial charge in [-0.25, -0.2) is 0 Å². The van der Waals surface area contributed by atoms with Crippen molar-refractivity contribution in [1.29, 1.82) is 0 Å². The third-order valence-electron chi connectivity index (χ3n) is 4.44. The van der Waals surface area contributed by atoms with Crippen molar-refractivity contribution >= 4 is 5.91 Å². The average molecular weight is 297 g/mol. The Morgan fingerprint density at radius 2 is 1.86 bits per heavy atom. The van der Waals surface area contributed by atoms with Gasteiger partial charge in [-0.05, 0) is 39.3 Å². The van der Waals surface area contributed by atoms with Crippen LogP contribution in [0.1, 0.15) is 58.8 Å². The molecule has 0 radical (unpaired) electrons. The van der Waals surface area contributed by atoms with E-state index < -0.39 is 0 Å². The van der Waals surface area contributed by atoms with Gasteiger partial charge in [0.2, 0.25) is 5.91 Å². The normalized spacial score (nSPS) is 19.7. The Morgan fingerprint density at radius 3 is 2.43 bits per heavy atom. The van der Waals surface area contributed by atoms with E-state index in [1.54, 1.807) is 0 Å². The number of hydrogen-bond donors (Lipinski definition) is 1. The topological polar surface area (TPSA) is 35.6 Å². The third-order valence-corrected chi connectivity index (χ3v) is 4.44. The second-order valence-electron chi connectivity index (χ2n) is 6.27. The molecule has 4 nitrogen and oxygen atoms in total. The van der Waals surface area contributed by atoms with Crippen molar-refractivity contribution in [2.75, 3.05) is 39.8 Å². The summed E-state index contributed by atoms with van der Waals surface area (Å²) in [6, 6.07) is 0.534. The van der Waals surface area contributed by atoms with Crippen molar-refractivity contribution < 1.29 is 4.79 Å². The van der Waals surface area contributed by atoms with E-state index in [2.05, 4.69) is 29.0 Å². The molecule has 1 unspecified atom stereocenters. The zero-order chi connectivity index (χ0) is 15.5. The number of unbranched alkanes of at least 4 members (excludes halogenated alkanes) is 2. The highest BCUT2D eigenvalue weighted by Gasteiger charge is 2.25. The molecule has 124 valence electrons. The highest BCUT2D eigenvalue weighted by molar-refractivity contribution is 5.78. The molecule has 1 aliphatic heterocycles. The Labute approximate surface area is 131 Å². The van der Waals surface area contributed by atoms with Gasteiger partial charge in [-0.3, -0.25) is 9.69 Å². The van der Waals surface area contributed by atoms with E-state index in [0.29, 0.717) is 18.5 Å². The van der Waals surface area contributed by atoms with E-state index in [9.17, 15) is 4.79 Å². The minimum absolute atomic E-state index is 0.333. The second kappa shape index (κ2) is 11.0. The van der Waals surface area contributed by atoms with E-state index in [0.717, 1.165) is 51.9 Å². The lowest BCUT2D eigenvalue weighted by atomic mass is 10.0. The smallest absolute Gasteiger partial charge is 0.236 e. The predicted molar refractivity (Wildman–Crippen MR) is 89.5 cm³/mol. The first kappa shape index (κ1) is 18.4. The molecular weight excluding hydrogens is 262 g/mol. The third kappa shape index (κ3) is 6.79. The largest absolute Gasteiger partial charge is 0.342 e. The van der Waals surface area contributed by atoms with Crippen molar-refractivity contribution in [2.24, 2.45) is 0 Å². The van der Waals surface area contributed by atoms with Crippen LogP contribution in [-0.4, -0.2) is 61.5 Å². The maximum atomic E-state index is 12.6. The lowest BCUT2D eigenvalue weighted by Gasteiger charge is -2.36. The molecular formula is C17H35N3O. The van der Waals surface area contributed by atoms with Gasteiger partial charge in [-0.15, -0.1) is 0 Å². The molecule has 1 fully saturated rings. The predicted octanol–water partition coefficient (Wildman–Crippen LogP) is 2.49. The molecule has 1 saturated heterocycles. The summed E-state index contributed by atoms with van der Waals surface area (Å²) in [5, 5.41) is 3.27. The minimum Gasteiger partial charge on any atom is -0.342 e. The van der Waals surface area contributed by atoms with Crippen LogP contribution in [0.2, 0.25) is 0 Å². The monoisotopic (exact) mass is 297 g/mol. The van der Waals surface area contributed by atoms with Crippen molar-refractivity contribution in [2.45, 2.75) is 64.8 Å². The lowest BCUT2D eigenvalue weighted by Crippen LogP contribution is -2.50. The molecule has 0 aromatic carbocycles. The molecule has 0 aliphatic carbocycles. The number of carbonyl (C=O) groups is 1. The molecule has 1 aliphatic rings. The van der Waals surface area contributed by atoms with Gasteiger partial charge in [-0.1, -0.05) is 33.1 Å². The van der Waals surface area contributed by atoms with Gasteiger partial charge in [-0.2, -0.15) is 0 Å². The highest BCUT2D eigenvalue weighted by atomic mass is 16.2. The van der Waals surface area contributed by atoms with Gasteiger partial charge in [0.15, 0.2) is 0 Å². The summed E-state index contributed by atoms with van der Waals surface area (Å²) < 4.78 is 0. The highest BCUT2D eigenvalue weighted by Crippen LogP contribution is 2.16. The van der Waals surface area contributed by atoms with E-state index in [1.807, 2.05) is 7.05 Å². The molecule has 0 aromatic heterocycles. The van der Waals surface area contributed by atoms with Crippen LogP contribution in [0, 0.1) is 0 Å². The molecule has 21 heavy (non-hydrogen) atoms. The lowest BCUT2D eigenvalue weighted by molar-refractivity contribution is -0.133. The number of rotatable bonds is 10. The molecule has 1 rings (SSSR count). The quantitative estimate of drug-likeness (QED) is 0.673. The van der Waals surface area contributed by atoms with Crippen LogP contribution >= 0.6 is 0 Å². The Hall–Kier alpha value is -0.610. The van der Waals surface area contributed by atoms with Crippen LogP contribution in [-0.2, 0) is 4.79 Å². The Balaban J connectivity index is 2.51. The fourth-order valence-electron chi connectivity index (χ4n) is 3.07. The Kier molecular flexibility index (Phi) is 9.68. The zero-order valence-electron chi connectivity index (χ0n) is 14.4. The molecule has 0 bridgehead atoms. The van der Waals surface area contributed by atoms with Crippen LogP contribution < -0.4 is 5.32 Å². The number of nitrogens with zero attached hydrogens (tertiary/aromatic N) is 2. The van der Waals surface area contributed by atoms with Crippen LogP contribution in [0.15, 0.2) is 0 Å². The van der Waals surface area contributed by atoms with Gasteiger partial charge < -0.3 is 10.2 Å². The summed E-state index contributed by atoms with van der Waals surface area (Å²) in [6.07, 6.45) is 8.30. The number of piperidine rings is 1. The van der Waals surface area contributed by atoms with Crippen molar-refractivity contribution in [1.82, 2.24) is 15.1 Å². The van der Waals surface area contributed by atoms with Crippen LogP contribution in [0.25, 0.3) is 0 Å². The van der Waals surface area contributed by atoms with Gasteiger partial charge in [0.25, 0.3) is 0 Å². The first-order valence-corrected chi connectivity index (χ1v) is 8.89. The van der Waals surface area contributed by atoms with Gasteiger partial charge >= 0.3 is 0 Å². The fourth-order valence-corrected chi connectivity index (χ4v) is 3.07. The Bertz CT molecular complexity index is 273. The number of nitrogens with one attached hydrogen (secondary N) is 1. The Morgan fingerprint density at radius 1 is 1.19 bits per heavy atom. The summed E-state index contributed by atoms with van der Waals surface area (Å²) in [5.41, 5.74) is 0. The maximum absolute atomic E-state index is 12.6. The molecule has 1 N–H and O–H groups in total. The molecule has 0 saturated carbocycles. The summed E-state index contributed by atoms with van der Waals surface area (Å²) >= 11 is 0. The maximum Gasteiger partial charge on any atom is 0.236 e. The summed E-state index contributed by atoms with van der Waals surface area (Å²) in [6.45, 7) is 8.93. The van der Waals surface area contributed by atoms with Crippen molar-refractivity contribution in [3.63, 3.8) is 0 Å². The van der Waals surface area contributed by atoms with Gasteiger partial charge in [0.1, 0.15) is 0 Å². The van der Waals surface area contributed by atoms with Crippen LogP contribution in [0.3, 0.4) is 0 Å². The summed E-state index contributed by atoms with van der Waals surface area (Å²) in [7, 11) is 2.00. The van der Waals surface area contributed by atoms with Crippen LogP contribution in [0.5, 0.6) is 0 Å². The number of likely N-dealkylation sites (N-methyl/N-ethyl adjacent to an activating group) is 1. The molecule has 4 heteroatoms. The van der Waals surface area contributed by atoms with Gasteiger partial charge in [0, 0.05) is 25.7 Å². The first-order valence-electron chi connectivity index (χ1n) is 8.89. The van der Waals surface area contributed by atoms with E-state index in [1.165, 1.54) is 19.3 Å². The molecule has 0 aromatic rings. The zero-order valence-corrected chi connectivity index (χ0v) is 14.4. The van der Waals surface area contributed by atoms with Crippen LogP contribution in [0.4, 0.5) is 0 Å². The standard InChI is InChI=1S/C17H35N3O/c1-4-6-11-19(12-7-5-2)17(21)15-20-13-9-8-10-16(20)14-18-3/h16,18H,4-15H2,1-3H3. The van der Waals surface area contributed by atoms with Gasteiger partial charge in [0.05, 0.1) is 6.54 Å². The fraction of sp³-hybridized carbons (Fsp3) is 0.941. The molecule has 1 heterocycles. The SMILES string of the molecule is CCCCN(CCCC)C(=O)CN1CCCCC1CNC. The van der Waals surface area contributed by atoms with E-state index in [4.69, 9.17) is 0 Å². The van der Waals surface area contributed by atoms with Crippen molar-refractivity contribution in [3.05, 3.63) is 0 Å². The summed E-state index contributed by atoms with van der Waals surface area (Å²) in [5.74, 6) is 0.333. The minimum atomic E-state index is 0.333. The first-order chi connectivity index (χ1) is 10.2. The van der Waals surface area contributed by atoms with E-state index >= 15 is 0 Å². The number of amides is 1. The van der Waals surface area contributed by atoms with E-state index in [-0.39, 0.29) is 0 Å². The average Bonchev–Trinajstić information content (AvgIpc) is 2.49. The number of carbonyl (C=O) groups excluding carboxylic acids is 1. The summed E-state index contributed by atoms with van der Waals surface area (Å²) in [4.78, 5) is 17.1. The second-order valence-corrected chi connectivity index (χ2v) is 6.27. The molecule has 0 spiro atoms. The molecule has 1 amide bonds. The van der Waals surface area contributed by atoms with Crippen molar-refractivity contribution in [3.8, 4) is 0 Å². The molecule has 1 atom stereocenters. The number of likely N-dealkylation sites (tertiary alicyclic amines) is 1.